The van der Waals surface area contributed by atoms with E-state index in [1.54, 1.807) is 0 Å². The van der Waals surface area contributed by atoms with Gasteiger partial charge in [0.25, 0.3) is 40.5 Å². The maximum Gasteiger partial charge on any atom is 0.397 e. The van der Waals surface area contributed by atoms with Gasteiger partial charge in [-0.05, 0) is 65.5 Å². The highest BCUT2D eigenvalue weighted by Gasteiger charge is 2.27. The Morgan fingerprint density at radius 1 is 0.641 bits per heavy atom. The second-order valence-corrected chi connectivity index (χ2v) is 21.7. The Bertz CT molecular complexity index is 3840. The molecule has 0 radical (unpaired) electrons. The van der Waals surface area contributed by atoms with Crippen molar-refractivity contribution in [3.05, 3.63) is 89.3 Å². The lowest BCUT2D eigenvalue weighted by atomic mass is 10.1. The SMILES string of the molecule is O=S(=O)(O)OCCS(=O)(=O)c1cccc(N=c2nc(Cl)[nH]c(=Nc3cc(S(=O)(=O)O)cc4cc(S(=O)(=O)O)c(N=Nc5ccc6c(S(=O)(=O)O)cccc6c5S(=O)(=O)O)c(O)c34)[nH]2)c1. The number of nitrogens with zero attached hydrogens (tertiary/aromatic N) is 5. The highest BCUT2D eigenvalue weighted by Crippen LogP contribution is 2.46. The predicted molar refractivity (Wildman–Crippen MR) is 217 cm³/mol. The lowest BCUT2D eigenvalue weighted by molar-refractivity contribution is 0.284. The molecule has 6 rings (SSSR count). The van der Waals surface area contributed by atoms with Gasteiger partial charge in [-0.25, -0.2) is 22.6 Å². The number of phenols is 1. The summed E-state index contributed by atoms with van der Waals surface area (Å²) in [5, 5.41) is 16.3. The number of sulfone groups is 1. The van der Waals surface area contributed by atoms with Crippen molar-refractivity contribution in [1.29, 1.82) is 0 Å². The quantitative estimate of drug-likeness (QED) is 0.0609. The zero-order valence-electron chi connectivity index (χ0n) is 30.9. The minimum atomic E-state index is -5.48. The van der Waals surface area contributed by atoms with Crippen LogP contribution in [0.5, 0.6) is 5.75 Å². The molecule has 1 heterocycles. The van der Waals surface area contributed by atoms with Crippen LogP contribution in [0.2, 0.25) is 5.28 Å². The van der Waals surface area contributed by atoms with Crippen molar-refractivity contribution >= 4 is 117 Å². The Morgan fingerprint density at radius 3 is 1.94 bits per heavy atom. The third kappa shape index (κ3) is 10.8. The van der Waals surface area contributed by atoms with E-state index in [0.29, 0.717) is 18.2 Å². The fourth-order valence-electron chi connectivity index (χ4n) is 5.79. The summed E-state index contributed by atoms with van der Waals surface area (Å²) in [7, 11) is -30.1. The lowest BCUT2D eigenvalue weighted by Crippen LogP contribution is -2.26. The number of benzene rings is 5. The molecule has 0 atom stereocenters. The van der Waals surface area contributed by atoms with Crippen molar-refractivity contribution in [2.24, 2.45) is 20.2 Å². The second-order valence-electron chi connectivity index (χ2n) is 12.6. The van der Waals surface area contributed by atoms with Crippen LogP contribution in [-0.2, 0) is 64.9 Å². The van der Waals surface area contributed by atoms with Gasteiger partial charge in [0, 0.05) is 10.8 Å². The zero-order chi connectivity index (χ0) is 47.4. The number of aromatic nitrogens is 3. The maximum atomic E-state index is 12.8. The summed E-state index contributed by atoms with van der Waals surface area (Å²) in [6, 6.07) is 11.2. The minimum absolute atomic E-state index is 0.111. The molecule has 0 aliphatic heterocycles. The number of rotatable bonds is 13. The summed E-state index contributed by atoms with van der Waals surface area (Å²) in [5.74, 6) is -2.13. The Morgan fingerprint density at radius 2 is 1.31 bits per heavy atom. The molecule has 0 aliphatic rings. The molecule has 1 aromatic heterocycles. The van der Waals surface area contributed by atoms with Crippen molar-refractivity contribution in [3.63, 3.8) is 0 Å². The van der Waals surface area contributed by atoms with Gasteiger partial charge >= 0.3 is 10.4 Å². The van der Waals surface area contributed by atoms with Crippen molar-refractivity contribution in [1.82, 2.24) is 15.0 Å². The van der Waals surface area contributed by atoms with Crippen LogP contribution < -0.4 is 11.2 Å². The van der Waals surface area contributed by atoms with E-state index in [4.69, 9.17) is 16.2 Å². The number of aromatic amines is 2. The molecule has 0 saturated heterocycles. The van der Waals surface area contributed by atoms with Gasteiger partial charge in [0.15, 0.2) is 15.6 Å². The van der Waals surface area contributed by atoms with E-state index >= 15 is 0 Å². The molecule has 6 aromatic rings. The Hall–Kier alpha value is -5.62. The number of hydrogen-bond donors (Lipinski definition) is 8. The van der Waals surface area contributed by atoms with Gasteiger partial charge in [-0.1, -0.05) is 24.3 Å². The molecule has 0 fully saturated rings. The van der Waals surface area contributed by atoms with Crippen LogP contribution >= 0.6 is 11.6 Å². The van der Waals surface area contributed by atoms with Gasteiger partial charge in [0.2, 0.25) is 16.5 Å². The van der Waals surface area contributed by atoms with Crippen LogP contribution in [0.25, 0.3) is 21.5 Å². The van der Waals surface area contributed by atoms with Crippen molar-refractivity contribution in [2.45, 2.75) is 24.5 Å². The minimum Gasteiger partial charge on any atom is -0.505 e. The summed E-state index contributed by atoms with van der Waals surface area (Å²) in [4.78, 5) is 12.6. The molecule has 8 N–H and O–H groups in total. The summed E-state index contributed by atoms with van der Waals surface area (Å²) in [6.07, 6.45) is 0. The van der Waals surface area contributed by atoms with Crippen molar-refractivity contribution in [3.8, 4) is 5.75 Å². The van der Waals surface area contributed by atoms with E-state index < -0.39 is 154 Å². The molecule has 5 aromatic carbocycles. The first-order chi connectivity index (χ1) is 29.4. The van der Waals surface area contributed by atoms with E-state index in [1.165, 1.54) is 12.1 Å². The van der Waals surface area contributed by atoms with Gasteiger partial charge < -0.3 is 10.1 Å². The van der Waals surface area contributed by atoms with Crippen LogP contribution in [0.3, 0.4) is 0 Å². The number of fused-ring (bicyclic) bond motifs is 2. The van der Waals surface area contributed by atoms with Crippen LogP contribution in [0.15, 0.2) is 117 Å². The molecule has 26 nitrogen and oxygen atoms in total. The summed E-state index contributed by atoms with van der Waals surface area (Å²) in [5.41, 5.74) is -3.64. The first-order valence-electron chi connectivity index (χ1n) is 16.5. The van der Waals surface area contributed by atoms with Gasteiger partial charge in [0.05, 0.1) is 38.9 Å². The number of aromatic hydroxyl groups is 1. The fraction of sp³-hybridized carbons (Fsp3) is 0.0645. The molecule has 0 bridgehead atoms. The number of nitrogens with one attached hydrogen (secondary N) is 2. The normalized spacial score (nSPS) is 14.0. The van der Waals surface area contributed by atoms with Crippen molar-refractivity contribution in [2.75, 3.05) is 12.4 Å². The Labute approximate surface area is 364 Å². The lowest BCUT2D eigenvalue weighted by Gasteiger charge is -2.12. The third-order valence-electron chi connectivity index (χ3n) is 8.31. The number of H-pyrrole nitrogens is 2. The highest BCUT2D eigenvalue weighted by molar-refractivity contribution is 7.91. The molecule has 0 saturated carbocycles. The van der Waals surface area contributed by atoms with Gasteiger partial charge in [0.1, 0.15) is 26.1 Å². The average Bonchev–Trinajstić information content (AvgIpc) is 3.14. The molecule has 340 valence electrons. The van der Waals surface area contributed by atoms with E-state index in [1.807, 2.05) is 0 Å². The summed E-state index contributed by atoms with van der Waals surface area (Å²) in [6.45, 7) is -0.931. The Balaban J connectivity index is 1.57. The second kappa shape index (κ2) is 17.1. The van der Waals surface area contributed by atoms with Gasteiger partial charge in [-0.15, -0.1) is 10.2 Å². The average molecular weight is 1030 g/mol. The van der Waals surface area contributed by atoms with Crippen LogP contribution in [0.4, 0.5) is 22.7 Å². The molecule has 33 heteroatoms. The first kappa shape index (κ1) is 47.8. The topological polar surface area (TPSA) is 429 Å². The number of phenolic OH excluding ortho intramolecular Hbond substituents is 1. The molecule has 0 spiro atoms. The molecule has 0 amide bonds. The van der Waals surface area contributed by atoms with Gasteiger partial charge in [-0.2, -0.15) is 47.1 Å². The smallest absolute Gasteiger partial charge is 0.397 e. The molecule has 0 aliphatic carbocycles. The predicted octanol–water partition coefficient (Wildman–Crippen LogP) is 2.86. The Kier molecular flexibility index (Phi) is 12.8. The summed E-state index contributed by atoms with van der Waals surface area (Å²) < 4.78 is 199. The van der Waals surface area contributed by atoms with Crippen LogP contribution in [0, 0.1) is 0 Å². The molecular formula is C31H24ClN7O19S6. The van der Waals surface area contributed by atoms with E-state index in [9.17, 15) is 73.8 Å². The molecule has 0 unspecified atom stereocenters. The van der Waals surface area contributed by atoms with Crippen molar-refractivity contribution < 1.29 is 82.6 Å². The van der Waals surface area contributed by atoms with E-state index in [2.05, 4.69) is 39.3 Å². The number of hydrogen-bond acceptors (Lipinski definition) is 19. The number of azo groups is 1. The monoisotopic (exact) mass is 1020 g/mol. The first-order valence-corrected chi connectivity index (χ1v) is 25.7. The van der Waals surface area contributed by atoms with E-state index in [-0.39, 0.29) is 10.6 Å². The number of halogens is 1. The summed E-state index contributed by atoms with van der Waals surface area (Å²) >= 11 is 6.15. The van der Waals surface area contributed by atoms with Gasteiger partial charge in [-0.3, -0.25) is 27.7 Å². The maximum absolute atomic E-state index is 12.8. The van der Waals surface area contributed by atoms with Crippen LogP contribution in [-0.4, -0.2) is 106 Å². The third-order valence-corrected chi connectivity index (χ3v) is 14.2. The standard InChI is InChI=1S/C31H24ClN7O19S6/c32-29-35-30(33-16-3-1-4-17(13-16)59(41,42)10-9-58-64(55,56)57)37-31(36-29)34-22-14-18(60(43,44)45)11-15-12-24(62(49,50)51)26(27(40)25(15)22)39-38-21-8-7-19-20(28(21)63(52,53)54)5-2-6-23(19)61(46,47)48/h1-8,11-14,40H,9-10H2,(H,43,44,45)(H,46,47,48)(H,49,50,51)(H,52,53,54)(H,55,56,57)(H2,33,34,35,36,37). The fourth-order valence-corrected chi connectivity index (χ4v) is 10.2. The molecular weight excluding hydrogens is 1000 g/mol. The highest BCUT2D eigenvalue weighted by atomic mass is 35.5. The zero-order valence-corrected chi connectivity index (χ0v) is 36.6. The van der Waals surface area contributed by atoms with Crippen LogP contribution in [0.1, 0.15) is 0 Å². The molecule has 64 heavy (non-hydrogen) atoms. The van der Waals surface area contributed by atoms with E-state index in [0.717, 1.165) is 42.5 Å². The largest absolute Gasteiger partial charge is 0.505 e.